The van der Waals surface area contributed by atoms with Gasteiger partial charge in [-0.15, -0.1) is 0 Å². The zero-order valence-electron chi connectivity index (χ0n) is 18.6. The van der Waals surface area contributed by atoms with Gasteiger partial charge in [0, 0.05) is 23.8 Å². The summed E-state index contributed by atoms with van der Waals surface area (Å²) in [5, 5.41) is 0. The van der Waals surface area contributed by atoms with Crippen molar-refractivity contribution in [2.24, 2.45) is 0 Å². The molecule has 0 amide bonds. The molecular formula is C25H38N2O2. The van der Waals surface area contributed by atoms with Crippen LogP contribution in [0, 0.1) is 11.8 Å². The van der Waals surface area contributed by atoms with Crippen LogP contribution in [0.15, 0.2) is 23.3 Å². The maximum atomic E-state index is 12.3. The van der Waals surface area contributed by atoms with Crippen molar-refractivity contribution in [3.63, 3.8) is 0 Å². The van der Waals surface area contributed by atoms with Gasteiger partial charge in [0.25, 0.3) is 0 Å². The van der Waals surface area contributed by atoms with Crippen LogP contribution in [0.5, 0.6) is 0 Å². The van der Waals surface area contributed by atoms with Crippen LogP contribution >= 0.6 is 0 Å². The van der Waals surface area contributed by atoms with Gasteiger partial charge in [-0.1, -0.05) is 58.0 Å². The predicted octanol–water partition coefficient (Wildman–Crippen LogP) is 4.32. The van der Waals surface area contributed by atoms with E-state index in [2.05, 4.69) is 48.5 Å². The molecule has 4 heteroatoms. The van der Waals surface area contributed by atoms with Crippen LogP contribution in [0.25, 0.3) is 0 Å². The minimum absolute atomic E-state index is 0.200. The first-order valence-corrected chi connectivity index (χ1v) is 11.8. The Hall–Kier alpha value is -1.57. The normalized spacial score (nSPS) is 26.6. The highest BCUT2D eigenvalue weighted by molar-refractivity contribution is 5.89. The molecule has 0 aromatic rings. The van der Waals surface area contributed by atoms with Gasteiger partial charge in [-0.25, -0.2) is 4.79 Å². The summed E-state index contributed by atoms with van der Waals surface area (Å²) >= 11 is 0. The van der Waals surface area contributed by atoms with Crippen LogP contribution in [0.4, 0.5) is 0 Å². The Morgan fingerprint density at radius 2 is 1.97 bits per heavy atom. The molecule has 0 aromatic carbocycles. The quantitative estimate of drug-likeness (QED) is 0.450. The van der Waals surface area contributed by atoms with Crippen molar-refractivity contribution in [1.29, 1.82) is 0 Å². The summed E-state index contributed by atoms with van der Waals surface area (Å²) in [5.41, 5.74) is 1.53. The predicted molar refractivity (Wildman–Crippen MR) is 119 cm³/mol. The number of rotatable bonds is 8. The molecule has 0 spiro atoms. The van der Waals surface area contributed by atoms with Gasteiger partial charge in [-0.05, 0) is 51.7 Å². The van der Waals surface area contributed by atoms with Crippen LogP contribution in [0.2, 0.25) is 0 Å². The van der Waals surface area contributed by atoms with Crippen LogP contribution in [0.3, 0.4) is 0 Å². The topological polar surface area (TPSA) is 32.8 Å². The number of ether oxygens (including phenoxy) is 1. The van der Waals surface area contributed by atoms with Crippen molar-refractivity contribution in [3.05, 3.63) is 23.3 Å². The van der Waals surface area contributed by atoms with E-state index in [0.717, 1.165) is 56.7 Å². The van der Waals surface area contributed by atoms with Crippen molar-refractivity contribution in [2.45, 2.75) is 83.8 Å². The first kappa shape index (κ1) is 22.1. The van der Waals surface area contributed by atoms with E-state index in [1.807, 2.05) is 0 Å². The van der Waals surface area contributed by atoms with Crippen LogP contribution in [0.1, 0.15) is 72.1 Å². The smallest absolute Gasteiger partial charge is 0.332 e. The SMILES string of the molecule is CCCCN(CC#CC1=CCN2CCCC[C@@H]2[C@@]2(CC)OC(=O)C=C12)CCCC. The number of hydrogen-bond donors (Lipinski definition) is 0. The second-order valence-electron chi connectivity index (χ2n) is 8.63. The van der Waals surface area contributed by atoms with Gasteiger partial charge < -0.3 is 4.74 Å². The van der Waals surface area contributed by atoms with E-state index in [-0.39, 0.29) is 12.0 Å². The summed E-state index contributed by atoms with van der Waals surface area (Å²) in [6.07, 6.45) is 13.1. The van der Waals surface area contributed by atoms with E-state index in [0.29, 0.717) is 0 Å². The Kier molecular flexibility index (Phi) is 7.98. The molecule has 3 heterocycles. The number of nitrogens with zero attached hydrogens (tertiary/aromatic N) is 2. The zero-order valence-corrected chi connectivity index (χ0v) is 18.6. The summed E-state index contributed by atoms with van der Waals surface area (Å²) in [4.78, 5) is 17.3. The van der Waals surface area contributed by atoms with Crippen molar-refractivity contribution >= 4 is 5.97 Å². The third-order valence-corrected chi connectivity index (χ3v) is 6.68. The molecule has 2 atom stereocenters. The maximum absolute atomic E-state index is 12.3. The number of esters is 1. The fourth-order valence-corrected chi connectivity index (χ4v) is 5.01. The molecule has 3 aliphatic heterocycles. The lowest BCUT2D eigenvalue weighted by Gasteiger charge is -2.44. The third kappa shape index (κ3) is 4.95. The van der Waals surface area contributed by atoms with Crippen molar-refractivity contribution < 1.29 is 9.53 Å². The molecule has 3 rings (SSSR count). The Morgan fingerprint density at radius 3 is 2.66 bits per heavy atom. The molecule has 1 fully saturated rings. The molecule has 0 radical (unpaired) electrons. The number of unbranched alkanes of at least 4 members (excludes halogenated alkanes) is 2. The second kappa shape index (κ2) is 10.5. The standard InChI is InChI=1S/C25H38N2O2/c1-4-7-15-26(16-8-5-2)17-11-12-21-14-19-27-18-10-9-13-23(27)25(6-3)22(21)20-24(28)29-25/h14,20,23H,4-10,13,15-19H2,1-3H3/t23-,25+/m1/s1. The fourth-order valence-electron chi connectivity index (χ4n) is 5.01. The average molecular weight is 399 g/mol. The number of carbonyl (C=O) groups excluding carboxylic acids is 1. The Morgan fingerprint density at radius 1 is 1.21 bits per heavy atom. The van der Waals surface area contributed by atoms with Crippen molar-refractivity contribution in [3.8, 4) is 11.8 Å². The molecule has 0 N–H and O–H groups in total. The van der Waals surface area contributed by atoms with Crippen LogP contribution in [-0.4, -0.2) is 60.1 Å². The van der Waals surface area contributed by atoms with E-state index in [4.69, 9.17) is 4.74 Å². The van der Waals surface area contributed by atoms with E-state index in [1.54, 1.807) is 6.08 Å². The lowest BCUT2D eigenvalue weighted by molar-refractivity contribution is -0.153. The number of piperidine rings is 1. The maximum Gasteiger partial charge on any atom is 0.332 e. The highest BCUT2D eigenvalue weighted by Gasteiger charge is 2.52. The summed E-state index contributed by atoms with van der Waals surface area (Å²) in [5.74, 6) is 6.68. The molecule has 4 nitrogen and oxygen atoms in total. The van der Waals surface area contributed by atoms with Gasteiger partial charge >= 0.3 is 5.97 Å². The Labute approximate surface area is 177 Å². The summed E-state index contributed by atoms with van der Waals surface area (Å²) in [6.45, 7) is 11.6. The molecule has 1 saturated heterocycles. The number of carbonyl (C=O) groups is 1. The Balaban J connectivity index is 1.81. The lowest BCUT2D eigenvalue weighted by Crippen LogP contribution is -2.55. The molecule has 0 aromatic heterocycles. The van der Waals surface area contributed by atoms with Gasteiger partial charge in [-0.3, -0.25) is 9.80 Å². The van der Waals surface area contributed by atoms with Gasteiger partial charge in [0.05, 0.1) is 12.6 Å². The van der Waals surface area contributed by atoms with E-state index >= 15 is 0 Å². The third-order valence-electron chi connectivity index (χ3n) is 6.68. The molecule has 0 aliphatic carbocycles. The van der Waals surface area contributed by atoms with E-state index in [1.165, 1.54) is 38.5 Å². The largest absolute Gasteiger partial charge is 0.449 e. The van der Waals surface area contributed by atoms with Crippen LogP contribution in [-0.2, 0) is 9.53 Å². The first-order chi connectivity index (χ1) is 14.1. The van der Waals surface area contributed by atoms with Crippen molar-refractivity contribution in [2.75, 3.05) is 32.7 Å². The average Bonchev–Trinajstić information content (AvgIpc) is 3.03. The molecule has 29 heavy (non-hydrogen) atoms. The van der Waals surface area contributed by atoms with Crippen LogP contribution < -0.4 is 0 Å². The minimum atomic E-state index is -0.515. The molecule has 160 valence electrons. The molecular weight excluding hydrogens is 360 g/mol. The van der Waals surface area contributed by atoms with E-state index < -0.39 is 5.60 Å². The number of fused-ring (bicyclic) bond motifs is 3. The van der Waals surface area contributed by atoms with Crippen molar-refractivity contribution in [1.82, 2.24) is 9.80 Å². The highest BCUT2D eigenvalue weighted by atomic mass is 16.6. The molecule has 0 saturated carbocycles. The highest BCUT2D eigenvalue weighted by Crippen LogP contribution is 2.45. The Bertz CT molecular complexity index is 691. The molecule has 0 bridgehead atoms. The molecule has 0 unspecified atom stereocenters. The second-order valence-corrected chi connectivity index (χ2v) is 8.63. The van der Waals surface area contributed by atoms with Gasteiger partial charge in [0.15, 0.2) is 5.60 Å². The zero-order chi connectivity index (χ0) is 20.7. The minimum Gasteiger partial charge on any atom is -0.449 e. The van der Waals surface area contributed by atoms with Gasteiger partial charge in [0.2, 0.25) is 0 Å². The van der Waals surface area contributed by atoms with Gasteiger partial charge in [0.1, 0.15) is 0 Å². The first-order valence-electron chi connectivity index (χ1n) is 11.8. The van der Waals surface area contributed by atoms with Gasteiger partial charge in [-0.2, -0.15) is 0 Å². The van der Waals surface area contributed by atoms with E-state index in [9.17, 15) is 4.79 Å². The molecule has 3 aliphatic rings. The lowest BCUT2D eigenvalue weighted by atomic mass is 9.78. The number of hydrogen-bond acceptors (Lipinski definition) is 4. The monoisotopic (exact) mass is 398 g/mol. The summed E-state index contributed by atoms with van der Waals surface area (Å²) in [7, 11) is 0. The fraction of sp³-hybridized carbons (Fsp3) is 0.720. The summed E-state index contributed by atoms with van der Waals surface area (Å²) < 4.78 is 6.02. The summed E-state index contributed by atoms with van der Waals surface area (Å²) in [6, 6.07) is 0.278.